The topological polar surface area (TPSA) is 92.4 Å². The Morgan fingerprint density at radius 2 is 1.94 bits per heavy atom. The van der Waals surface area contributed by atoms with Crippen molar-refractivity contribution in [2.24, 2.45) is 5.73 Å². The first-order valence-corrected chi connectivity index (χ1v) is 5.87. The van der Waals surface area contributed by atoms with Gasteiger partial charge in [-0.3, -0.25) is 4.79 Å². The molecule has 0 fully saturated rings. The summed E-state index contributed by atoms with van der Waals surface area (Å²) in [7, 11) is 0. The van der Waals surface area contributed by atoms with Crippen molar-refractivity contribution in [3.8, 4) is 0 Å². The number of rotatable bonds is 6. The number of carboxylic acids is 1. The molecule has 0 saturated carbocycles. The van der Waals surface area contributed by atoms with Crippen LogP contribution in [0.5, 0.6) is 0 Å². The van der Waals surface area contributed by atoms with Gasteiger partial charge in [0.25, 0.3) is 0 Å². The second kappa shape index (κ2) is 6.76. The maximum absolute atomic E-state index is 11.7. The number of amides is 1. The highest BCUT2D eigenvalue weighted by Crippen LogP contribution is 2.08. The molecule has 1 aromatic carbocycles. The largest absolute Gasteiger partial charge is 0.480 e. The first-order valence-electron chi connectivity index (χ1n) is 5.87. The van der Waals surface area contributed by atoms with Gasteiger partial charge in [-0.15, -0.1) is 0 Å². The molecule has 5 nitrogen and oxygen atoms in total. The minimum absolute atomic E-state index is 0.150. The van der Waals surface area contributed by atoms with Crippen molar-refractivity contribution in [3.05, 3.63) is 35.4 Å². The quantitative estimate of drug-likeness (QED) is 0.691. The van der Waals surface area contributed by atoms with Crippen LogP contribution in [0.2, 0.25) is 0 Å². The molecule has 1 amide bonds. The molecule has 1 atom stereocenters. The molecule has 0 unspecified atom stereocenters. The predicted octanol–water partition coefficient (Wildman–Crippen LogP) is 0.667. The Kier molecular flexibility index (Phi) is 5.32. The third kappa shape index (κ3) is 3.85. The lowest BCUT2D eigenvalue weighted by atomic mass is 10.0. The number of hydrogen-bond donors (Lipinski definition) is 3. The van der Waals surface area contributed by atoms with Gasteiger partial charge in [0.1, 0.15) is 6.04 Å². The monoisotopic (exact) mass is 250 g/mol. The number of hydrogen-bond acceptors (Lipinski definition) is 3. The predicted molar refractivity (Wildman–Crippen MR) is 67.9 cm³/mol. The Balaban J connectivity index is 2.67. The van der Waals surface area contributed by atoms with Gasteiger partial charge in [-0.05, 0) is 17.5 Å². The van der Waals surface area contributed by atoms with Crippen LogP contribution in [0.15, 0.2) is 24.3 Å². The standard InChI is InChI=1S/C13H18N2O3/c1-2-11(13(17)18)15-12(16)7-9-5-3-4-6-10(9)8-14/h3-6,11H,2,7-8,14H2,1H3,(H,15,16)(H,17,18)/t11-/m0/s1. The molecule has 0 heterocycles. The van der Waals surface area contributed by atoms with E-state index >= 15 is 0 Å². The van der Waals surface area contributed by atoms with E-state index in [0.717, 1.165) is 11.1 Å². The Bertz CT molecular complexity index is 432. The van der Waals surface area contributed by atoms with Gasteiger partial charge in [0.2, 0.25) is 5.91 Å². The molecule has 0 spiro atoms. The Morgan fingerprint density at radius 1 is 1.33 bits per heavy atom. The molecule has 0 radical (unpaired) electrons. The highest BCUT2D eigenvalue weighted by Gasteiger charge is 2.17. The van der Waals surface area contributed by atoms with E-state index in [2.05, 4.69) is 5.32 Å². The molecule has 18 heavy (non-hydrogen) atoms. The van der Waals surface area contributed by atoms with Crippen molar-refractivity contribution < 1.29 is 14.7 Å². The second-order valence-electron chi connectivity index (χ2n) is 4.02. The van der Waals surface area contributed by atoms with Crippen LogP contribution in [-0.2, 0) is 22.6 Å². The van der Waals surface area contributed by atoms with E-state index < -0.39 is 12.0 Å². The molecule has 0 aliphatic rings. The third-order valence-electron chi connectivity index (χ3n) is 2.73. The van der Waals surface area contributed by atoms with Crippen molar-refractivity contribution in [1.29, 1.82) is 0 Å². The zero-order valence-corrected chi connectivity index (χ0v) is 10.3. The molecule has 1 aromatic rings. The SMILES string of the molecule is CC[C@H](NC(=O)Cc1ccccc1CN)C(=O)O. The number of carboxylic acid groups (broad SMARTS) is 1. The van der Waals surface area contributed by atoms with Gasteiger partial charge < -0.3 is 16.2 Å². The van der Waals surface area contributed by atoms with Crippen molar-refractivity contribution >= 4 is 11.9 Å². The highest BCUT2D eigenvalue weighted by molar-refractivity contribution is 5.84. The summed E-state index contributed by atoms with van der Waals surface area (Å²) >= 11 is 0. The fourth-order valence-electron chi connectivity index (χ4n) is 1.69. The Labute approximate surface area is 106 Å². The van der Waals surface area contributed by atoms with Crippen LogP contribution in [0, 0.1) is 0 Å². The van der Waals surface area contributed by atoms with E-state index in [-0.39, 0.29) is 12.3 Å². The fraction of sp³-hybridized carbons (Fsp3) is 0.385. The van der Waals surface area contributed by atoms with Crippen molar-refractivity contribution in [3.63, 3.8) is 0 Å². The van der Waals surface area contributed by atoms with Gasteiger partial charge in [0.05, 0.1) is 6.42 Å². The summed E-state index contributed by atoms with van der Waals surface area (Å²) in [6.07, 6.45) is 0.511. The van der Waals surface area contributed by atoms with Crippen LogP contribution >= 0.6 is 0 Å². The summed E-state index contributed by atoms with van der Waals surface area (Å²) in [6, 6.07) is 6.54. The zero-order chi connectivity index (χ0) is 13.5. The van der Waals surface area contributed by atoms with Crippen molar-refractivity contribution in [2.75, 3.05) is 0 Å². The van der Waals surface area contributed by atoms with Gasteiger partial charge in [-0.25, -0.2) is 4.79 Å². The molecule has 0 bridgehead atoms. The summed E-state index contributed by atoms with van der Waals surface area (Å²) in [4.78, 5) is 22.5. The first-order chi connectivity index (χ1) is 8.58. The summed E-state index contributed by atoms with van der Waals surface area (Å²) in [5.74, 6) is -1.32. The molecule has 1 rings (SSSR count). The number of aliphatic carboxylic acids is 1. The van der Waals surface area contributed by atoms with Crippen LogP contribution in [0.3, 0.4) is 0 Å². The van der Waals surface area contributed by atoms with Crippen molar-refractivity contribution in [2.45, 2.75) is 32.4 Å². The smallest absolute Gasteiger partial charge is 0.326 e. The van der Waals surface area contributed by atoms with E-state index in [1.54, 1.807) is 6.92 Å². The normalized spacial score (nSPS) is 11.9. The third-order valence-corrected chi connectivity index (χ3v) is 2.73. The van der Waals surface area contributed by atoms with Crippen LogP contribution in [0.1, 0.15) is 24.5 Å². The number of benzene rings is 1. The van der Waals surface area contributed by atoms with E-state index in [1.807, 2.05) is 24.3 Å². The van der Waals surface area contributed by atoms with Gasteiger partial charge in [0, 0.05) is 6.54 Å². The molecule has 98 valence electrons. The molecule has 5 heteroatoms. The van der Waals surface area contributed by atoms with Gasteiger partial charge in [-0.1, -0.05) is 31.2 Å². The average Bonchev–Trinajstić information content (AvgIpc) is 2.36. The van der Waals surface area contributed by atoms with Gasteiger partial charge in [-0.2, -0.15) is 0 Å². The highest BCUT2D eigenvalue weighted by atomic mass is 16.4. The van der Waals surface area contributed by atoms with Gasteiger partial charge in [0.15, 0.2) is 0 Å². The fourth-order valence-corrected chi connectivity index (χ4v) is 1.69. The number of nitrogens with two attached hydrogens (primary N) is 1. The minimum Gasteiger partial charge on any atom is -0.480 e. The Morgan fingerprint density at radius 3 is 2.44 bits per heavy atom. The molecule has 0 aliphatic heterocycles. The van der Waals surface area contributed by atoms with Crippen LogP contribution in [-0.4, -0.2) is 23.0 Å². The lowest BCUT2D eigenvalue weighted by Gasteiger charge is -2.13. The van der Waals surface area contributed by atoms with E-state index in [1.165, 1.54) is 0 Å². The number of carbonyl (C=O) groups excluding carboxylic acids is 1. The minimum atomic E-state index is -1.02. The molecule has 4 N–H and O–H groups in total. The Hall–Kier alpha value is -1.88. The van der Waals surface area contributed by atoms with E-state index in [9.17, 15) is 9.59 Å². The van der Waals surface area contributed by atoms with Crippen LogP contribution < -0.4 is 11.1 Å². The average molecular weight is 250 g/mol. The summed E-state index contributed by atoms with van der Waals surface area (Å²) in [5.41, 5.74) is 7.31. The maximum Gasteiger partial charge on any atom is 0.326 e. The first kappa shape index (κ1) is 14.2. The number of carbonyl (C=O) groups is 2. The zero-order valence-electron chi connectivity index (χ0n) is 10.3. The lowest BCUT2D eigenvalue weighted by Crippen LogP contribution is -2.41. The summed E-state index contributed by atoms with van der Waals surface area (Å²) in [5, 5.41) is 11.3. The molecular formula is C13H18N2O3. The van der Waals surface area contributed by atoms with Crippen LogP contribution in [0.25, 0.3) is 0 Å². The van der Waals surface area contributed by atoms with Gasteiger partial charge >= 0.3 is 5.97 Å². The molecule has 0 aliphatic carbocycles. The van der Waals surface area contributed by atoms with Crippen molar-refractivity contribution in [1.82, 2.24) is 5.32 Å². The lowest BCUT2D eigenvalue weighted by molar-refractivity contribution is -0.141. The second-order valence-corrected chi connectivity index (χ2v) is 4.02. The van der Waals surface area contributed by atoms with E-state index in [4.69, 9.17) is 10.8 Å². The molecular weight excluding hydrogens is 232 g/mol. The molecule has 0 saturated heterocycles. The molecule has 0 aromatic heterocycles. The number of nitrogens with one attached hydrogen (secondary N) is 1. The van der Waals surface area contributed by atoms with E-state index in [0.29, 0.717) is 13.0 Å². The summed E-state index contributed by atoms with van der Waals surface area (Å²) in [6.45, 7) is 2.08. The summed E-state index contributed by atoms with van der Waals surface area (Å²) < 4.78 is 0. The van der Waals surface area contributed by atoms with Crippen LogP contribution in [0.4, 0.5) is 0 Å². The maximum atomic E-state index is 11.7.